The fourth-order valence-corrected chi connectivity index (χ4v) is 2.90. The molecule has 2 heterocycles. The number of hydrogen-bond donors (Lipinski definition) is 1. The lowest BCUT2D eigenvalue weighted by atomic mass is 10.1. The first-order valence-electron chi connectivity index (χ1n) is 6.98. The van der Waals surface area contributed by atoms with Crippen LogP contribution in [0.3, 0.4) is 0 Å². The lowest BCUT2D eigenvalue weighted by Gasteiger charge is -2.20. The van der Waals surface area contributed by atoms with E-state index < -0.39 is 0 Å². The highest BCUT2D eigenvalue weighted by Gasteiger charge is 2.14. The van der Waals surface area contributed by atoms with E-state index in [0.717, 1.165) is 49.8 Å². The Balaban J connectivity index is 1.92. The predicted molar refractivity (Wildman–Crippen MR) is 87.2 cm³/mol. The van der Waals surface area contributed by atoms with Crippen molar-refractivity contribution >= 4 is 29.2 Å². The molecule has 1 aliphatic heterocycles. The molecule has 4 nitrogen and oxygen atoms in total. The zero-order valence-corrected chi connectivity index (χ0v) is 13.0. The van der Waals surface area contributed by atoms with Crippen LogP contribution in [0.15, 0.2) is 30.5 Å². The van der Waals surface area contributed by atoms with Gasteiger partial charge in [-0.2, -0.15) is 0 Å². The number of aromatic nitrogens is 2. The van der Waals surface area contributed by atoms with Gasteiger partial charge in [0, 0.05) is 36.4 Å². The second-order valence-corrected chi connectivity index (χ2v) is 5.80. The van der Waals surface area contributed by atoms with Crippen LogP contribution >= 0.6 is 23.2 Å². The van der Waals surface area contributed by atoms with Crippen molar-refractivity contribution in [3.63, 3.8) is 0 Å². The smallest absolute Gasteiger partial charge is 0.225 e. The van der Waals surface area contributed by atoms with Crippen molar-refractivity contribution in [3.8, 4) is 11.3 Å². The number of benzene rings is 1. The SMILES string of the molecule is Clc1ccc(-c2ccnc(N3CCCNCC3)n2)c(Cl)c1. The minimum absolute atomic E-state index is 0.602. The predicted octanol–water partition coefficient (Wildman–Crippen LogP) is 3.25. The third kappa shape index (κ3) is 3.46. The number of rotatable bonds is 2. The summed E-state index contributed by atoms with van der Waals surface area (Å²) < 4.78 is 0. The summed E-state index contributed by atoms with van der Waals surface area (Å²) in [7, 11) is 0. The topological polar surface area (TPSA) is 41.1 Å². The van der Waals surface area contributed by atoms with Crippen molar-refractivity contribution in [1.29, 1.82) is 0 Å². The number of anilines is 1. The minimum atomic E-state index is 0.602. The molecule has 0 bridgehead atoms. The summed E-state index contributed by atoms with van der Waals surface area (Å²) in [6, 6.07) is 7.31. The van der Waals surface area contributed by atoms with E-state index in [4.69, 9.17) is 23.2 Å². The van der Waals surface area contributed by atoms with Crippen LogP contribution in [-0.4, -0.2) is 36.1 Å². The van der Waals surface area contributed by atoms with Gasteiger partial charge in [-0.15, -0.1) is 0 Å². The van der Waals surface area contributed by atoms with Crippen LogP contribution in [0, 0.1) is 0 Å². The lowest BCUT2D eigenvalue weighted by Crippen LogP contribution is -2.29. The van der Waals surface area contributed by atoms with E-state index in [9.17, 15) is 0 Å². The Labute approximate surface area is 134 Å². The molecule has 1 aliphatic rings. The normalized spacial score (nSPS) is 15.8. The standard InChI is InChI=1S/C15H16Cl2N4/c16-11-2-3-12(13(17)10-11)14-4-6-19-15(20-14)21-8-1-5-18-7-9-21/h2-4,6,10,18H,1,5,7-9H2. The monoisotopic (exact) mass is 322 g/mol. The third-order valence-corrected chi connectivity index (χ3v) is 4.02. The van der Waals surface area contributed by atoms with Gasteiger partial charge in [0.2, 0.25) is 5.95 Å². The Kier molecular flexibility index (Phi) is 4.58. The molecule has 1 fully saturated rings. The maximum absolute atomic E-state index is 6.26. The van der Waals surface area contributed by atoms with Crippen molar-refractivity contribution in [2.75, 3.05) is 31.1 Å². The van der Waals surface area contributed by atoms with Gasteiger partial charge in [0.1, 0.15) is 0 Å². The van der Waals surface area contributed by atoms with E-state index in [-0.39, 0.29) is 0 Å². The Hall–Kier alpha value is -1.36. The van der Waals surface area contributed by atoms with E-state index in [2.05, 4.69) is 20.2 Å². The van der Waals surface area contributed by atoms with Gasteiger partial charge in [-0.1, -0.05) is 23.2 Å². The quantitative estimate of drug-likeness (QED) is 0.921. The Morgan fingerprint density at radius 3 is 2.86 bits per heavy atom. The molecule has 1 N–H and O–H groups in total. The summed E-state index contributed by atoms with van der Waals surface area (Å²) in [6.07, 6.45) is 2.87. The van der Waals surface area contributed by atoms with Gasteiger partial charge in [0.15, 0.2) is 0 Å². The van der Waals surface area contributed by atoms with Gasteiger partial charge in [0.25, 0.3) is 0 Å². The average Bonchev–Trinajstić information content (AvgIpc) is 2.76. The van der Waals surface area contributed by atoms with Crippen LogP contribution in [0.2, 0.25) is 10.0 Å². The van der Waals surface area contributed by atoms with Gasteiger partial charge in [-0.05, 0) is 37.2 Å². The summed E-state index contributed by atoms with van der Waals surface area (Å²) in [5.74, 6) is 0.752. The molecular formula is C15H16Cl2N4. The second-order valence-electron chi connectivity index (χ2n) is 4.96. The summed E-state index contributed by atoms with van der Waals surface area (Å²) in [6.45, 7) is 3.87. The molecule has 1 aromatic carbocycles. The van der Waals surface area contributed by atoms with Gasteiger partial charge < -0.3 is 10.2 Å². The van der Waals surface area contributed by atoms with Crippen LogP contribution in [0.1, 0.15) is 6.42 Å². The molecule has 1 aromatic heterocycles. The van der Waals surface area contributed by atoms with Crippen LogP contribution in [0.4, 0.5) is 5.95 Å². The van der Waals surface area contributed by atoms with Crippen molar-refractivity contribution in [1.82, 2.24) is 15.3 Å². The fraction of sp³-hybridized carbons (Fsp3) is 0.333. The summed E-state index contributed by atoms with van der Waals surface area (Å²) in [4.78, 5) is 11.3. The molecule has 3 rings (SSSR count). The molecule has 21 heavy (non-hydrogen) atoms. The Morgan fingerprint density at radius 1 is 1.10 bits per heavy atom. The molecule has 0 atom stereocenters. The molecule has 0 radical (unpaired) electrons. The number of nitrogens with one attached hydrogen (secondary N) is 1. The first-order valence-corrected chi connectivity index (χ1v) is 7.74. The molecule has 110 valence electrons. The fourth-order valence-electron chi connectivity index (χ4n) is 2.39. The molecule has 0 saturated carbocycles. The number of hydrogen-bond acceptors (Lipinski definition) is 4. The molecule has 0 unspecified atom stereocenters. The first-order chi connectivity index (χ1) is 10.2. The lowest BCUT2D eigenvalue weighted by molar-refractivity contribution is 0.724. The molecule has 0 spiro atoms. The summed E-state index contributed by atoms with van der Waals surface area (Å²) in [5.41, 5.74) is 1.69. The highest BCUT2D eigenvalue weighted by Crippen LogP contribution is 2.29. The van der Waals surface area contributed by atoms with Crippen molar-refractivity contribution in [2.24, 2.45) is 0 Å². The average molecular weight is 323 g/mol. The maximum atomic E-state index is 6.26. The molecule has 1 saturated heterocycles. The zero-order valence-electron chi connectivity index (χ0n) is 11.5. The summed E-state index contributed by atoms with van der Waals surface area (Å²) in [5, 5.41) is 4.60. The van der Waals surface area contributed by atoms with Crippen molar-refractivity contribution in [3.05, 3.63) is 40.5 Å². The van der Waals surface area contributed by atoms with Gasteiger partial charge >= 0.3 is 0 Å². The molecule has 2 aromatic rings. The summed E-state index contributed by atoms with van der Waals surface area (Å²) >= 11 is 12.2. The molecule has 0 aliphatic carbocycles. The van der Waals surface area contributed by atoms with Gasteiger partial charge in [-0.3, -0.25) is 0 Å². The largest absolute Gasteiger partial charge is 0.339 e. The molecule has 0 amide bonds. The molecular weight excluding hydrogens is 307 g/mol. The van der Waals surface area contributed by atoms with Crippen LogP contribution < -0.4 is 10.2 Å². The van der Waals surface area contributed by atoms with E-state index in [1.807, 2.05) is 18.2 Å². The number of nitrogens with zero attached hydrogens (tertiary/aromatic N) is 3. The van der Waals surface area contributed by atoms with E-state index in [0.29, 0.717) is 10.0 Å². The van der Waals surface area contributed by atoms with Crippen molar-refractivity contribution in [2.45, 2.75) is 6.42 Å². The van der Waals surface area contributed by atoms with E-state index in [1.165, 1.54) is 0 Å². The van der Waals surface area contributed by atoms with Gasteiger partial charge in [-0.25, -0.2) is 9.97 Å². The van der Waals surface area contributed by atoms with Crippen molar-refractivity contribution < 1.29 is 0 Å². The van der Waals surface area contributed by atoms with E-state index in [1.54, 1.807) is 12.3 Å². The highest BCUT2D eigenvalue weighted by atomic mass is 35.5. The Morgan fingerprint density at radius 2 is 2.00 bits per heavy atom. The second kappa shape index (κ2) is 6.60. The Bertz CT molecular complexity index is 625. The maximum Gasteiger partial charge on any atom is 0.225 e. The van der Waals surface area contributed by atoms with Crippen LogP contribution in [-0.2, 0) is 0 Å². The minimum Gasteiger partial charge on any atom is -0.339 e. The van der Waals surface area contributed by atoms with Crippen LogP contribution in [0.25, 0.3) is 11.3 Å². The zero-order chi connectivity index (χ0) is 14.7. The van der Waals surface area contributed by atoms with Crippen LogP contribution in [0.5, 0.6) is 0 Å². The molecule has 6 heteroatoms. The third-order valence-electron chi connectivity index (χ3n) is 3.47. The number of halogens is 2. The first kappa shape index (κ1) is 14.6. The highest BCUT2D eigenvalue weighted by molar-refractivity contribution is 6.36. The van der Waals surface area contributed by atoms with E-state index >= 15 is 0 Å². The van der Waals surface area contributed by atoms with Gasteiger partial charge in [0.05, 0.1) is 10.7 Å².